The van der Waals surface area contributed by atoms with Crippen LogP contribution in [0.4, 0.5) is 14.5 Å². The third-order valence-electron chi connectivity index (χ3n) is 4.22. The lowest BCUT2D eigenvalue weighted by Gasteiger charge is -2.30. The van der Waals surface area contributed by atoms with E-state index in [0.29, 0.717) is 18.1 Å². The molecule has 2 aliphatic heterocycles. The first-order chi connectivity index (χ1) is 10.6. The van der Waals surface area contributed by atoms with Crippen LogP contribution in [0, 0.1) is 11.6 Å². The molecular weight excluding hydrogens is 324 g/mol. The topological polar surface area (TPSA) is 54.0 Å². The van der Waals surface area contributed by atoms with E-state index in [0.717, 1.165) is 25.7 Å². The average molecular weight is 345 g/mol. The van der Waals surface area contributed by atoms with E-state index in [1.54, 1.807) is 6.20 Å². The molecule has 0 aliphatic carbocycles. The van der Waals surface area contributed by atoms with Crippen LogP contribution in [0.2, 0.25) is 0 Å². The predicted octanol–water partition coefficient (Wildman–Crippen LogP) is 3.32. The van der Waals surface area contributed by atoms with Crippen molar-refractivity contribution in [1.82, 2.24) is 9.49 Å². The summed E-state index contributed by atoms with van der Waals surface area (Å²) in [5, 5.41) is 8.09. The molecule has 0 amide bonds. The zero-order chi connectivity index (χ0) is 15.6. The van der Waals surface area contributed by atoms with Gasteiger partial charge in [-0.25, -0.2) is 8.78 Å². The zero-order valence-electron chi connectivity index (χ0n) is 12.8. The van der Waals surface area contributed by atoms with E-state index in [9.17, 15) is 8.78 Å². The fourth-order valence-corrected chi connectivity index (χ4v) is 2.97. The van der Waals surface area contributed by atoms with Gasteiger partial charge in [0.1, 0.15) is 6.54 Å². The van der Waals surface area contributed by atoms with Crippen molar-refractivity contribution in [1.29, 1.82) is 0 Å². The Morgan fingerprint density at radius 3 is 2.48 bits per heavy atom. The number of benzene rings is 1. The summed E-state index contributed by atoms with van der Waals surface area (Å²) in [5.41, 5.74) is 6.26. The van der Waals surface area contributed by atoms with Gasteiger partial charge in [0.15, 0.2) is 23.5 Å². The molecule has 0 bridgehead atoms. The smallest absolute Gasteiger partial charge is 0.208 e. The molecule has 1 aromatic rings. The first-order valence-electron chi connectivity index (χ1n) is 7.56. The third kappa shape index (κ3) is 3.85. The van der Waals surface area contributed by atoms with Gasteiger partial charge in [-0.15, -0.1) is 17.0 Å². The molecule has 126 valence electrons. The predicted molar refractivity (Wildman–Crippen MR) is 87.7 cm³/mol. The molecule has 3 rings (SSSR count). The molecule has 5 nitrogen and oxygen atoms in total. The fourth-order valence-electron chi connectivity index (χ4n) is 2.97. The van der Waals surface area contributed by atoms with Crippen LogP contribution in [-0.2, 0) is 0 Å². The number of hydrogen-bond donors (Lipinski definition) is 1. The molecule has 1 aromatic carbocycles. The largest absolute Gasteiger partial charge is 0.378 e. The Labute approximate surface area is 140 Å². The summed E-state index contributed by atoms with van der Waals surface area (Å²) in [6, 6.07) is 3.81. The number of nitrogens with two attached hydrogens (primary N) is 1. The second kappa shape index (κ2) is 7.33. The normalized spacial score (nSPS) is 24.3. The quantitative estimate of drug-likeness (QED) is 0.852. The third-order valence-corrected chi connectivity index (χ3v) is 4.22. The standard InChI is InChI=1S/C15H20F2N5.ClH/c16-13-5-4-12(10-14(13)17)22(11-15(18)19-20-22)9-8-21-6-2-1-3-7-21;/h4-5,10-11H,1-3,6-9,18H2;1H/q+1;. The van der Waals surface area contributed by atoms with Crippen molar-refractivity contribution in [3.63, 3.8) is 0 Å². The lowest BCUT2D eigenvalue weighted by atomic mass is 10.1. The van der Waals surface area contributed by atoms with Crippen LogP contribution >= 0.6 is 12.4 Å². The minimum absolute atomic E-state index is 0. The van der Waals surface area contributed by atoms with E-state index in [1.165, 1.54) is 31.4 Å². The molecule has 2 N–H and O–H groups in total. The van der Waals surface area contributed by atoms with Gasteiger partial charge in [-0.2, -0.15) is 0 Å². The van der Waals surface area contributed by atoms with E-state index >= 15 is 0 Å². The Bertz CT molecular complexity index is 616. The van der Waals surface area contributed by atoms with Crippen LogP contribution in [0.5, 0.6) is 0 Å². The molecule has 2 heterocycles. The second-order valence-corrected chi connectivity index (χ2v) is 5.79. The summed E-state index contributed by atoms with van der Waals surface area (Å²) in [6.07, 6.45) is 5.35. The van der Waals surface area contributed by atoms with E-state index in [1.807, 2.05) is 0 Å². The summed E-state index contributed by atoms with van der Waals surface area (Å²) in [6.45, 7) is 3.53. The van der Waals surface area contributed by atoms with E-state index in [4.69, 9.17) is 5.73 Å². The van der Waals surface area contributed by atoms with E-state index in [-0.39, 0.29) is 17.0 Å². The fraction of sp³-hybridized carbons (Fsp3) is 0.467. The van der Waals surface area contributed by atoms with Crippen LogP contribution in [0.15, 0.2) is 40.6 Å². The van der Waals surface area contributed by atoms with Gasteiger partial charge in [0.05, 0.1) is 6.54 Å². The van der Waals surface area contributed by atoms with Crippen molar-refractivity contribution in [3.05, 3.63) is 41.9 Å². The maximum Gasteiger partial charge on any atom is 0.208 e. The highest BCUT2D eigenvalue weighted by Gasteiger charge is 2.36. The van der Waals surface area contributed by atoms with Gasteiger partial charge in [0, 0.05) is 17.4 Å². The molecule has 1 unspecified atom stereocenters. The molecule has 1 atom stereocenters. The van der Waals surface area contributed by atoms with Gasteiger partial charge in [-0.1, -0.05) is 11.5 Å². The van der Waals surface area contributed by atoms with Crippen LogP contribution in [0.3, 0.4) is 0 Å². The van der Waals surface area contributed by atoms with Crippen LogP contribution in [-0.4, -0.2) is 31.1 Å². The Morgan fingerprint density at radius 2 is 1.87 bits per heavy atom. The zero-order valence-corrected chi connectivity index (χ0v) is 13.6. The Kier molecular flexibility index (Phi) is 5.67. The van der Waals surface area contributed by atoms with Gasteiger partial charge in [-0.3, -0.25) is 4.90 Å². The van der Waals surface area contributed by atoms with Crippen molar-refractivity contribution in [2.45, 2.75) is 19.3 Å². The van der Waals surface area contributed by atoms with Crippen molar-refractivity contribution in [3.8, 4) is 0 Å². The molecule has 0 aromatic heterocycles. The number of nitrogens with zero attached hydrogens (tertiary/aromatic N) is 4. The molecule has 0 radical (unpaired) electrons. The maximum atomic E-state index is 13.6. The maximum absolute atomic E-state index is 13.6. The number of piperidine rings is 1. The molecule has 0 saturated carbocycles. The highest BCUT2D eigenvalue weighted by atomic mass is 35.5. The lowest BCUT2D eigenvalue weighted by Crippen LogP contribution is -2.44. The first kappa shape index (κ1) is 17.8. The van der Waals surface area contributed by atoms with Crippen molar-refractivity contribution >= 4 is 18.1 Å². The number of quaternary nitrogens is 1. The first-order valence-corrected chi connectivity index (χ1v) is 7.56. The number of likely N-dealkylation sites (tertiary alicyclic amines) is 1. The van der Waals surface area contributed by atoms with Gasteiger partial charge in [-0.05, 0) is 32.0 Å². The van der Waals surface area contributed by atoms with Gasteiger partial charge in [0.2, 0.25) is 5.82 Å². The van der Waals surface area contributed by atoms with Crippen LogP contribution in [0.1, 0.15) is 19.3 Å². The number of rotatable bonds is 4. The monoisotopic (exact) mass is 344 g/mol. The van der Waals surface area contributed by atoms with Crippen molar-refractivity contribution < 1.29 is 8.78 Å². The van der Waals surface area contributed by atoms with Crippen molar-refractivity contribution in [2.24, 2.45) is 16.1 Å². The van der Waals surface area contributed by atoms with E-state index < -0.39 is 11.6 Å². The summed E-state index contributed by atoms with van der Waals surface area (Å²) in [7, 11) is 0. The molecule has 1 saturated heterocycles. The summed E-state index contributed by atoms with van der Waals surface area (Å²) >= 11 is 0. The van der Waals surface area contributed by atoms with Crippen LogP contribution in [0.25, 0.3) is 0 Å². The summed E-state index contributed by atoms with van der Waals surface area (Å²) in [4.78, 5) is 2.36. The highest BCUT2D eigenvalue weighted by molar-refractivity contribution is 5.85. The van der Waals surface area contributed by atoms with Gasteiger partial charge < -0.3 is 5.73 Å². The molecular formula is C15H21ClF2N5+. The Hall–Kier alpha value is -1.57. The van der Waals surface area contributed by atoms with Gasteiger partial charge in [0.25, 0.3) is 0 Å². The van der Waals surface area contributed by atoms with E-state index in [2.05, 4.69) is 15.2 Å². The lowest BCUT2D eigenvalue weighted by molar-refractivity contribution is 0.205. The van der Waals surface area contributed by atoms with Crippen molar-refractivity contribution in [2.75, 3.05) is 26.2 Å². The SMILES string of the molecule is Cl.NC1=C[N+](CCN2CCCCC2)(c2ccc(F)c(F)c2)N=N1. The number of halogens is 3. The Morgan fingerprint density at radius 1 is 1.13 bits per heavy atom. The second-order valence-electron chi connectivity index (χ2n) is 5.79. The summed E-state index contributed by atoms with van der Waals surface area (Å²) in [5.74, 6) is -1.46. The Balaban J connectivity index is 0.00000192. The average Bonchev–Trinajstić information content (AvgIpc) is 2.92. The summed E-state index contributed by atoms with van der Waals surface area (Å²) < 4.78 is 26.7. The minimum atomic E-state index is -0.887. The minimum Gasteiger partial charge on any atom is -0.378 e. The molecule has 2 aliphatic rings. The van der Waals surface area contributed by atoms with Gasteiger partial charge >= 0.3 is 0 Å². The van der Waals surface area contributed by atoms with Crippen LogP contribution < -0.4 is 10.3 Å². The molecule has 8 heteroatoms. The number of hydrogen-bond acceptors (Lipinski definition) is 4. The molecule has 23 heavy (non-hydrogen) atoms. The molecule has 1 fully saturated rings. The highest BCUT2D eigenvalue weighted by Crippen LogP contribution is 2.31. The molecule has 0 spiro atoms.